The maximum absolute atomic E-state index is 12.5. The largest absolute Gasteiger partial charge is 0.506 e. The zero-order valence-corrected chi connectivity index (χ0v) is 15.1. The first-order valence-corrected chi connectivity index (χ1v) is 8.72. The van der Waals surface area contributed by atoms with Crippen molar-refractivity contribution in [2.24, 2.45) is 5.10 Å². The number of nitrogens with zero attached hydrogens (tertiary/aromatic N) is 2. The highest BCUT2D eigenvalue weighted by molar-refractivity contribution is 6.31. The molecule has 1 unspecified atom stereocenters. The second kappa shape index (κ2) is 6.55. The zero-order chi connectivity index (χ0) is 19.1. The minimum Gasteiger partial charge on any atom is -0.506 e. The summed E-state index contributed by atoms with van der Waals surface area (Å²) in [5, 5.41) is 17.2. The van der Waals surface area contributed by atoms with Crippen molar-refractivity contribution in [2.75, 3.05) is 0 Å². The Balaban J connectivity index is 1.85. The maximum Gasteiger partial charge on any atom is 0.349 e. The lowest BCUT2D eigenvalue weighted by atomic mass is 9.98. The van der Waals surface area contributed by atoms with Crippen LogP contribution in [0.1, 0.15) is 30.5 Å². The first kappa shape index (κ1) is 17.3. The van der Waals surface area contributed by atoms with Crippen molar-refractivity contribution in [1.82, 2.24) is 5.01 Å². The zero-order valence-electron chi connectivity index (χ0n) is 14.3. The summed E-state index contributed by atoms with van der Waals surface area (Å²) in [6.45, 7) is 1.39. The molecule has 4 rings (SSSR count). The molecule has 0 aliphatic carbocycles. The molecule has 1 N–H and O–H groups in total. The monoisotopic (exact) mass is 382 g/mol. The van der Waals surface area contributed by atoms with E-state index < -0.39 is 11.7 Å². The molecule has 136 valence electrons. The summed E-state index contributed by atoms with van der Waals surface area (Å²) in [7, 11) is 0. The molecular formula is C20H15ClN2O4. The molecule has 0 bridgehead atoms. The fourth-order valence-corrected chi connectivity index (χ4v) is 3.59. The number of para-hydroxylation sites is 1. The van der Waals surface area contributed by atoms with Crippen molar-refractivity contribution in [3.05, 3.63) is 75.1 Å². The number of rotatable bonds is 2. The van der Waals surface area contributed by atoms with Crippen LogP contribution in [-0.2, 0) is 4.79 Å². The normalized spacial score (nSPS) is 16.6. The number of halogens is 1. The van der Waals surface area contributed by atoms with Crippen molar-refractivity contribution in [2.45, 2.75) is 19.4 Å². The van der Waals surface area contributed by atoms with Gasteiger partial charge in [0, 0.05) is 18.4 Å². The fraction of sp³-hybridized carbons (Fsp3) is 0.150. The number of hydrogen-bond donors (Lipinski definition) is 1. The SMILES string of the molecule is CC(=O)N1N=C(c2c(O)c3ccccc3oc2=O)CC1c1ccccc1Cl. The van der Waals surface area contributed by atoms with E-state index >= 15 is 0 Å². The van der Waals surface area contributed by atoms with E-state index in [1.54, 1.807) is 36.4 Å². The number of hydrazone groups is 1. The van der Waals surface area contributed by atoms with Gasteiger partial charge < -0.3 is 9.52 Å². The Morgan fingerprint density at radius 3 is 2.67 bits per heavy atom. The minimum atomic E-state index is -0.701. The average molecular weight is 383 g/mol. The molecule has 7 heteroatoms. The second-order valence-electron chi connectivity index (χ2n) is 6.26. The quantitative estimate of drug-likeness (QED) is 0.682. The number of amides is 1. The molecule has 2 aromatic carbocycles. The molecule has 3 aromatic rings. The van der Waals surface area contributed by atoms with Crippen molar-refractivity contribution < 1.29 is 14.3 Å². The van der Waals surface area contributed by atoms with Gasteiger partial charge in [0.1, 0.15) is 16.9 Å². The summed E-state index contributed by atoms with van der Waals surface area (Å²) >= 11 is 6.29. The van der Waals surface area contributed by atoms with Crippen LogP contribution < -0.4 is 5.63 Å². The van der Waals surface area contributed by atoms with E-state index in [0.29, 0.717) is 10.4 Å². The molecule has 0 saturated heterocycles. The lowest BCUT2D eigenvalue weighted by molar-refractivity contribution is -0.130. The molecule has 1 aliphatic rings. The van der Waals surface area contributed by atoms with Crippen LogP contribution in [0.5, 0.6) is 5.75 Å². The van der Waals surface area contributed by atoms with Gasteiger partial charge in [-0.1, -0.05) is 41.9 Å². The van der Waals surface area contributed by atoms with E-state index in [0.717, 1.165) is 5.56 Å². The molecule has 2 heterocycles. The van der Waals surface area contributed by atoms with Gasteiger partial charge in [-0.25, -0.2) is 9.80 Å². The molecular weight excluding hydrogens is 368 g/mol. The molecule has 0 fully saturated rings. The third kappa shape index (κ3) is 2.88. The summed E-state index contributed by atoms with van der Waals surface area (Å²) in [4.78, 5) is 24.6. The van der Waals surface area contributed by atoms with E-state index in [-0.39, 0.29) is 34.9 Å². The topological polar surface area (TPSA) is 83.1 Å². The third-order valence-corrected chi connectivity index (χ3v) is 4.92. The van der Waals surface area contributed by atoms with E-state index in [1.165, 1.54) is 11.9 Å². The highest BCUT2D eigenvalue weighted by Gasteiger charge is 2.35. The number of aromatic hydroxyl groups is 1. The third-order valence-electron chi connectivity index (χ3n) is 4.57. The Morgan fingerprint density at radius 2 is 1.93 bits per heavy atom. The van der Waals surface area contributed by atoms with Crippen molar-refractivity contribution in [3.63, 3.8) is 0 Å². The van der Waals surface area contributed by atoms with Crippen LogP contribution in [0.3, 0.4) is 0 Å². The van der Waals surface area contributed by atoms with Crippen LogP contribution in [0.4, 0.5) is 0 Å². The first-order valence-electron chi connectivity index (χ1n) is 8.34. The van der Waals surface area contributed by atoms with Gasteiger partial charge >= 0.3 is 5.63 Å². The summed E-state index contributed by atoms with van der Waals surface area (Å²) < 4.78 is 5.32. The smallest absolute Gasteiger partial charge is 0.349 e. The number of fused-ring (bicyclic) bond motifs is 1. The standard InChI is InChI=1S/C20H15ClN2O4/c1-11(24)23-16(12-6-2-4-8-14(12)21)10-15(22-23)18-19(25)13-7-3-5-9-17(13)27-20(18)26/h2-9,16,25H,10H2,1H3. The molecule has 6 nitrogen and oxygen atoms in total. The second-order valence-corrected chi connectivity index (χ2v) is 6.67. The van der Waals surface area contributed by atoms with Crippen LogP contribution in [-0.4, -0.2) is 21.7 Å². The van der Waals surface area contributed by atoms with Gasteiger partial charge in [0.25, 0.3) is 0 Å². The molecule has 0 radical (unpaired) electrons. The maximum atomic E-state index is 12.5. The van der Waals surface area contributed by atoms with Crippen LogP contribution in [0.15, 0.2) is 62.8 Å². The van der Waals surface area contributed by atoms with Crippen LogP contribution in [0.25, 0.3) is 11.0 Å². The van der Waals surface area contributed by atoms with Gasteiger partial charge in [0.2, 0.25) is 5.91 Å². The summed E-state index contributed by atoms with van der Waals surface area (Å²) in [5.41, 5.74) is 0.557. The van der Waals surface area contributed by atoms with Gasteiger partial charge in [-0.15, -0.1) is 0 Å². The van der Waals surface area contributed by atoms with Gasteiger partial charge in [-0.3, -0.25) is 4.79 Å². The van der Waals surface area contributed by atoms with Gasteiger partial charge in [-0.2, -0.15) is 5.10 Å². The summed E-state index contributed by atoms with van der Waals surface area (Å²) in [6.07, 6.45) is 0.236. The molecule has 1 aliphatic heterocycles. The van der Waals surface area contributed by atoms with Crippen molar-refractivity contribution in [3.8, 4) is 5.75 Å². The number of carbonyl (C=O) groups is 1. The number of benzene rings is 2. The predicted molar refractivity (Wildman–Crippen MR) is 102 cm³/mol. The summed E-state index contributed by atoms with van der Waals surface area (Å²) in [6, 6.07) is 13.4. The molecule has 0 spiro atoms. The summed E-state index contributed by atoms with van der Waals surface area (Å²) in [5.74, 6) is -0.497. The van der Waals surface area contributed by atoms with E-state index in [1.807, 2.05) is 12.1 Å². The van der Waals surface area contributed by atoms with E-state index in [2.05, 4.69) is 5.10 Å². The lowest BCUT2D eigenvalue weighted by Gasteiger charge is -2.21. The van der Waals surface area contributed by atoms with Crippen molar-refractivity contribution >= 4 is 34.2 Å². The highest BCUT2D eigenvalue weighted by atomic mass is 35.5. The Labute approximate surface area is 159 Å². The first-order chi connectivity index (χ1) is 13.0. The van der Waals surface area contributed by atoms with Gasteiger partial charge in [0.05, 0.1) is 17.1 Å². The van der Waals surface area contributed by atoms with E-state index in [4.69, 9.17) is 16.0 Å². The van der Waals surface area contributed by atoms with Crippen molar-refractivity contribution in [1.29, 1.82) is 0 Å². The predicted octanol–water partition coefficient (Wildman–Crippen LogP) is 3.85. The fourth-order valence-electron chi connectivity index (χ4n) is 3.33. The van der Waals surface area contributed by atoms with Gasteiger partial charge in [-0.05, 0) is 23.8 Å². The average Bonchev–Trinajstić information content (AvgIpc) is 3.07. The highest BCUT2D eigenvalue weighted by Crippen LogP contribution is 2.38. The molecule has 0 saturated carbocycles. The minimum absolute atomic E-state index is 0.0329. The number of hydrogen-bond acceptors (Lipinski definition) is 5. The van der Waals surface area contributed by atoms with Crippen LogP contribution in [0, 0.1) is 0 Å². The van der Waals surface area contributed by atoms with E-state index in [9.17, 15) is 14.7 Å². The Kier molecular flexibility index (Phi) is 4.20. The molecule has 27 heavy (non-hydrogen) atoms. The Bertz CT molecular complexity index is 1150. The van der Waals surface area contributed by atoms with Crippen LogP contribution >= 0.6 is 11.6 Å². The molecule has 1 atom stereocenters. The Morgan fingerprint density at radius 1 is 1.22 bits per heavy atom. The number of carbonyl (C=O) groups excluding carboxylic acids is 1. The molecule has 1 amide bonds. The Hall–Kier alpha value is -3.12. The van der Waals surface area contributed by atoms with Gasteiger partial charge in [0.15, 0.2) is 0 Å². The lowest BCUT2D eigenvalue weighted by Crippen LogP contribution is -2.24. The van der Waals surface area contributed by atoms with Crippen LogP contribution in [0.2, 0.25) is 5.02 Å². The molecule has 1 aromatic heterocycles.